The topological polar surface area (TPSA) is 46.5 Å². The van der Waals surface area contributed by atoms with Crippen molar-refractivity contribution < 1.29 is 19.0 Å². The monoisotopic (exact) mass is 394 g/mol. The molecule has 2 aromatic rings. The van der Waals surface area contributed by atoms with Crippen molar-refractivity contribution in [2.45, 2.75) is 45.4 Å². The largest absolute Gasteiger partial charge is 0.508 e. The molecule has 3 nitrogen and oxygen atoms in total. The molecule has 0 amide bonds. The van der Waals surface area contributed by atoms with Crippen molar-refractivity contribution in [3.8, 4) is 5.75 Å². The number of rotatable bonds is 5. The van der Waals surface area contributed by atoms with Gasteiger partial charge in [0.25, 0.3) is 0 Å². The Hall–Kier alpha value is -2.88. The number of carbonyl (C=O) groups is 1. The third-order valence-corrected chi connectivity index (χ3v) is 5.18. The van der Waals surface area contributed by atoms with Crippen molar-refractivity contribution in [2.24, 2.45) is 0 Å². The average Bonchev–Trinajstić information content (AvgIpc) is 2.99. The summed E-state index contributed by atoms with van der Waals surface area (Å²) in [6, 6.07) is 12.0. The first kappa shape index (κ1) is 20.8. The number of halogens is 1. The highest BCUT2D eigenvalue weighted by Crippen LogP contribution is 2.36. The zero-order chi connectivity index (χ0) is 20.6. The first-order valence-electron chi connectivity index (χ1n) is 10.2. The van der Waals surface area contributed by atoms with Crippen LogP contribution < -0.4 is 0 Å². The van der Waals surface area contributed by atoms with Gasteiger partial charge in [-0.2, -0.15) is 0 Å². The zero-order valence-corrected chi connectivity index (χ0v) is 16.8. The van der Waals surface area contributed by atoms with Crippen LogP contribution in [0.15, 0.2) is 54.1 Å². The molecule has 0 atom stereocenters. The van der Waals surface area contributed by atoms with E-state index in [-0.39, 0.29) is 11.6 Å². The first-order valence-corrected chi connectivity index (χ1v) is 10.2. The van der Waals surface area contributed by atoms with Crippen LogP contribution in [0.2, 0.25) is 0 Å². The number of allylic oxidation sites excluding steroid dienone is 1. The quantitative estimate of drug-likeness (QED) is 0.370. The molecule has 1 aliphatic rings. The Labute approximate surface area is 171 Å². The molecular weight excluding hydrogens is 367 g/mol. The van der Waals surface area contributed by atoms with Crippen molar-refractivity contribution in [3.05, 3.63) is 76.6 Å². The van der Waals surface area contributed by atoms with Crippen LogP contribution in [-0.4, -0.2) is 17.7 Å². The van der Waals surface area contributed by atoms with Gasteiger partial charge in [0.1, 0.15) is 11.6 Å². The molecule has 0 aromatic heterocycles. The SMILES string of the molecule is CCOC(=O)/C=C/c1ccc(C(=C2CCCCCC2)c2ccc(O)cc2)c(F)c1. The van der Waals surface area contributed by atoms with Crippen LogP contribution in [0.5, 0.6) is 5.75 Å². The first-order chi connectivity index (χ1) is 14.1. The fourth-order valence-corrected chi connectivity index (χ4v) is 3.78. The third kappa shape index (κ3) is 5.57. The molecule has 0 unspecified atom stereocenters. The highest BCUT2D eigenvalue weighted by atomic mass is 19.1. The summed E-state index contributed by atoms with van der Waals surface area (Å²) in [7, 11) is 0. The summed E-state index contributed by atoms with van der Waals surface area (Å²) in [6.45, 7) is 2.05. The van der Waals surface area contributed by atoms with Gasteiger partial charge >= 0.3 is 5.97 Å². The van der Waals surface area contributed by atoms with E-state index in [0.29, 0.717) is 17.7 Å². The highest BCUT2D eigenvalue weighted by Gasteiger charge is 2.17. The summed E-state index contributed by atoms with van der Waals surface area (Å²) in [5.74, 6) is -0.572. The van der Waals surface area contributed by atoms with Gasteiger partial charge in [-0.05, 0) is 73.6 Å². The van der Waals surface area contributed by atoms with Crippen LogP contribution in [0, 0.1) is 5.82 Å². The van der Waals surface area contributed by atoms with Gasteiger partial charge in [0.05, 0.1) is 6.61 Å². The van der Waals surface area contributed by atoms with E-state index in [1.807, 2.05) is 18.2 Å². The second-order valence-electron chi connectivity index (χ2n) is 7.26. The maximum Gasteiger partial charge on any atom is 0.330 e. The molecule has 0 bridgehead atoms. The molecule has 3 rings (SSSR count). The molecule has 0 heterocycles. The molecule has 4 heteroatoms. The van der Waals surface area contributed by atoms with E-state index in [4.69, 9.17) is 4.74 Å². The standard InChI is InChI=1S/C25H27FO3/c1-2-29-24(28)16-10-18-9-15-22(23(26)17-18)25(19-7-5-3-4-6-8-19)20-11-13-21(27)14-12-20/h9-17,27H,2-8H2,1H3/b16-10+. The van der Waals surface area contributed by atoms with E-state index < -0.39 is 5.97 Å². The van der Waals surface area contributed by atoms with Gasteiger partial charge < -0.3 is 9.84 Å². The Balaban J connectivity index is 2.01. The van der Waals surface area contributed by atoms with Crippen molar-refractivity contribution >= 4 is 17.6 Å². The van der Waals surface area contributed by atoms with E-state index in [1.165, 1.54) is 30.6 Å². The van der Waals surface area contributed by atoms with E-state index in [1.54, 1.807) is 31.2 Å². The Kier molecular flexibility index (Phi) is 7.23. The van der Waals surface area contributed by atoms with Crippen LogP contribution >= 0.6 is 0 Å². The number of phenols is 1. The van der Waals surface area contributed by atoms with Gasteiger partial charge in [0.2, 0.25) is 0 Å². The minimum atomic E-state index is -0.442. The Morgan fingerprint density at radius 2 is 1.76 bits per heavy atom. The smallest absolute Gasteiger partial charge is 0.330 e. The van der Waals surface area contributed by atoms with E-state index >= 15 is 4.39 Å². The Morgan fingerprint density at radius 3 is 2.38 bits per heavy atom. The van der Waals surface area contributed by atoms with Crippen molar-refractivity contribution in [1.82, 2.24) is 0 Å². The molecule has 1 N–H and O–H groups in total. The predicted molar refractivity (Wildman–Crippen MR) is 114 cm³/mol. The van der Waals surface area contributed by atoms with Gasteiger partial charge in [-0.3, -0.25) is 0 Å². The number of hydrogen-bond acceptors (Lipinski definition) is 3. The zero-order valence-electron chi connectivity index (χ0n) is 16.8. The van der Waals surface area contributed by atoms with Crippen LogP contribution in [0.3, 0.4) is 0 Å². The highest BCUT2D eigenvalue weighted by molar-refractivity contribution is 5.87. The van der Waals surface area contributed by atoms with Crippen molar-refractivity contribution in [1.29, 1.82) is 0 Å². The molecule has 1 saturated carbocycles. The van der Waals surface area contributed by atoms with Crippen molar-refractivity contribution in [3.63, 3.8) is 0 Å². The molecule has 29 heavy (non-hydrogen) atoms. The van der Waals surface area contributed by atoms with Gasteiger partial charge in [-0.15, -0.1) is 0 Å². The fourth-order valence-electron chi connectivity index (χ4n) is 3.78. The lowest BCUT2D eigenvalue weighted by atomic mass is 9.89. The minimum absolute atomic E-state index is 0.193. The molecule has 2 aromatic carbocycles. The Bertz CT molecular complexity index is 900. The molecule has 1 aliphatic carbocycles. The molecule has 0 radical (unpaired) electrons. The molecular formula is C25H27FO3. The molecule has 0 spiro atoms. The Morgan fingerprint density at radius 1 is 1.07 bits per heavy atom. The third-order valence-electron chi connectivity index (χ3n) is 5.18. The number of hydrogen-bond donors (Lipinski definition) is 1. The number of ether oxygens (including phenoxy) is 1. The average molecular weight is 394 g/mol. The molecule has 1 fully saturated rings. The van der Waals surface area contributed by atoms with Crippen LogP contribution in [-0.2, 0) is 9.53 Å². The van der Waals surface area contributed by atoms with Crippen LogP contribution in [0.1, 0.15) is 62.1 Å². The summed E-state index contributed by atoms with van der Waals surface area (Å²) < 4.78 is 20.0. The number of carbonyl (C=O) groups excluding carboxylic acids is 1. The molecule has 0 aliphatic heterocycles. The van der Waals surface area contributed by atoms with Gasteiger partial charge in [-0.1, -0.05) is 42.7 Å². The lowest BCUT2D eigenvalue weighted by Crippen LogP contribution is -1.99. The second-order valence-corrected chi connectivity index (χ2v) is 7.26. The maximum atomic E-state index is 15.2. The fraction of sp³-hybridized carbons (Fsp3) is 0.320. The molecule has 152 valence electrons. The number of aromatic hydroxyl groups is 1. The minimum Gasteiger partial charge on any atom is -0.508 e. The number of phenolic OH excluding ortho intramolecular Hbond substituents is 1. The second kappa shape index (κ2) is 10.1. The van der Waals surface area contributed by atoms with E-state index in [0.717, 1.165) is 36.8 Å². The summed E-state index contributed by atoms with van der Waals surface area (Å²) in [5.41, 5.74) is 4.26. The van der Waals surface area contributed by atoms with Crippen LogP contribution in [0.25, 0.3) is 11.6 Å². The summed E-state index contributed by atoms with van der Waals surface area (Å²) in [6.07, 6.45) is 9.41. The van der Waals surface area contributed by atoms with Crippen LogP contribution in [0.4, 0.5) is 4.39 Å². The van der Waals surface area contributed by atoms with Gasteiger partial charge in [-0.25, -0.2) is 9.18 Å². The lowest BCUT2D eigenvalue weighted by Gasteiger charge is -2.16. The maximum absolute atomic E-state index is 15.2. The summed E-state index contributed by atoms with van der Waals surface area (Å²) in [5, 5.41) is 9.66. The predicted octanol–water partition coefficient (Wildman–Crippen LogP) is 6.26. The summed E-state index contributed by atoms with van der Waals surface area (Å²) in [4.78, 5) is 11.5. The summed E-state index contributed by atoms with van der Waals surface area (Å²) >= 11 is 0. The van der Waals surface area contributed by atoms with E-state index in [2.05, 4.69) is 0 Å². The molecule has 0 saturated heterocycles. The van der Waals surface area contributed by atoms with E-state index in [9.17, 15) is 9.90 Å². The van der Waals surface area contributed by atoms with Gasteiger partial charge in [0, 0.05) is 11.6 Å². The lowest BCUT2D eigenvalue weighted by molar-refractivity contribution is -0.137. The number of benzene rings is 2. The normalized spacial score (nSPS) is 14.6. The number of esters is 1. The van der Waals surface area contributed by atoms with Gasteiger partial charge in [0.15, 0.2) is 0 Å². The van der Waals surface area contributed by atoms with Crippen molar-refractivity contribution in [2.75, 3.05) is 6.61 Å².